The van der Waals surface area contributed by atoms with E-state index in [0.29, 0.717) is 0 Å². The largest absolute Gasteiger partial charge is 0.301 e. The Morgan fingerprint density at radius 2 is 1.50 bits per heavy atom. The Bertz CT molecular complexity index is 92.4. The third-order valence-corrected chi connectivity index (χ3v) is 2.48. The lowest BCUT2D eigenvalue weighted by molar-refractivity contribution is 0.134. The average molecular weight is 169 g/mol. The summed E-state index contributed by atoms with van der Waals surface area (Å²) in [6.07, 6.45) is 2.34. The average Bonchev–Trinajstić information content (AvgIpc) is 2.09. The van der Waals surface area contributed by atoms with Crippen molar-refractivity contribution in [2.24, 2.45) is 0 Å². The quantitative estimate of drug-likeness (QED) is 0.625. The van der Waals surface area contributed by atoms with Crippen molar-refractivity contribution in [1.82, 2.24) is 9.80 Å². The minimum absolute atomic E-state index is 1.05. The van der Waals surface area contributed by atoms with Gasteiger partial charge in [0.2, 0.25) is 0 Å². The molecule has 1 saturated heterocycles. The first kappa shape index (κ1) is 10.0. The summed E-state index contributed by atoms with van der Waals surface area (Å²) in [5.74, 6) is 0. The second-order valence-electron chi connectivity index (χ2n) is 3.54. The van der Waals surface area contributed by atoms with Crippen LogP contribution in [0.4, 0.5) is 0 Å². The van der Waals surface area contributed by atoms with E-state index < -0.39 is 0 Å². The van der Waals surface area contributed by atoms with Crippen LogP contribution in [0.1, 0.15) is 19.8 Å². The van der Waals surface area contributed by atoms with Crippen molar-refractivity contribution in [1.29, 1.82) is 0 Å². The highest BCUT2D eigenvalue weighted by atomic mass is 15.3. The highest BCUT2D eigenvalue weighted by molar-refractivity contribution is 4.71. The Labute approximate surface area is 76.5 Å². The van der Waals surface area contributed by atoms with Gasteiger partial charge in [0.15, 0.2) is 0 Å². The van der Waals surface area contributed by atoms with Gasteiger partial charge in [-0.3, -0.25) is 0 Å². The fourth-order valence-corrected chi connectivity index (χ4v) is 1.78. The SMILES string of the molecule is [CH2]CCN1CCN(CCC)CC1. The standard InChI is InChI=1S/C10H21N2/c1-3-5-11-7-9-12(6-4-2)10-8-11/h1,3-10H2,2H3. The van der Waals surface area contributed by atoms with Crippen LogP contribution in [0.5, 0.6) is 0 Å². The molecule has 0 amide bonds. The molecule has 0 N–H and O–H groups in total. The van der Waals surface area contributed by atoms with Gasteiger partial charge in [0.25, 0.3) is 0 Å². The number of hydrogen-bond acceptors (Lipinski definition) is 2. The Morgan fingerprint density at radius 3 is 1.92 bits per heavy atom. The Hall–Kier alpha value is -0.0800. The lowest BCUT2D eigenvalue weighted by Gasteiger charge is -2.34. The van der Waals surface area contributed by atoms with Crippen molar-refractivity contribution in [3.05, 3.63) is 6.92 Å². The number of piperazine rings is 1. The molecule has 0 atom stereocenters. The monoisotopic (exact) mass is 169 g/mol. The van der Waals surface area contributed by atoms with E-state index in [0.717, 1.165) is 6.42 Å². The van der Waals surface area contributed by atoms with Crippen LogP contribution in [0.15, 0.2) is 0 Å². The van der Waals surface area contributed by atoms with Crippen LogP contribution in [0, 0.1) is 6.92 Å². The molecule has 71 valence electrons. The summed E-state index contributed by atoms with van der Waals surface area (Å²) >= 11 is 0. The predicted molar refractivity (Wildman–Crippen MR) is 53.1 cm³/mol. The zero-order valence-electron chi connectivity index (χ0n) is 8.26. The molecule has 1 aliphatic rings. The van der Waals surface area contributed by atoms with E-state index in [4.69, 9.17) is 0 Å². The normalized spacial score (nSPS) is 21.5. The maximum atomic E-state index is 3.88. The summed E-state index contributed by atoms with van der Waals surface area (Å²) < 4.78 is 0. The van der Waals surface area contributed by atoms with Crippen LogP contribution < -0.4 is 0 Å². The third kappa shape index (κ3) is 3.11. The Morgan fingerprint density at radius 1 is 1.00 bits per heavy atom. The van der Waals surface area contributed by atoms with Crippen molar-refractivity contribution in [2.45, 2.75) is 19.8 Å². The molecule has 0 aliphatic carbocycles. The van der Waals surface area contributed by atoms with E-state index in [2.05, 4.69) is 23.6 Å². The smallest absolute Gasteiger partial charge is 0.0110 e. The van der Waals surface area contributed by atoms with Gasteiger partial charge in [-0.05, 0) is 25.9 Å². The van der Waals surface area contributed by atoms with Crippen molar-refractivity contribution < 1.29 is 0 Å². The second kappa shape index (κ2) is 5.55. The van der Waals surface area contributed by atoms with E-state index in [9.17, 15) is 0 Å². The number of rotatable bonds is 4. The zero-order valence-corrected chi connectivity index (χ0v) is 8.26. The summed E-state index contributed by atoms with van der Waals surface area (Å²) in [5, 5.41) is 0. The molecule has 1 heterocycles. The van der Waals surface area contributed by atoms with E-state index in [1.165, 1.54) is 45.7 Å². The molecule has 0 aromatic carbocycles. The fraction of sp³-hybridized carbons (Fsp3) is 0.900. The molecule has 0 spiro atoms. The Kier molecular flexibility index (Phi) is 4.62. The minimum Gasteiger partial charge on any atom is -0.301 e. The third-order valence-electron chi connectivity index (χ3n) is 2.48. The van der Waals surface area contributed by atoms with Crippen molar-refractivity contribution in [3.8, 4) is 0 Å². The van der Waals surface area contributed by atoms with Gasteiger partial charge in [0.05, 0.1) is 0 Å². The topological polar surface area (TPSA) is 6.48 Å². The van der Waals surface area contributed by atoms with Crippen molar-refractivity contribution in [2.75, 3.05) is 39.3 Å². The van der Waals surface area contributed by atoms with Crippen LogP contribution >= 0.6 is 0 Å². The molecule has 2 nitrogen and oxygen atoms in total. The summed E-state index contributed by atoms with van der Waals surface area (Å²) in [6.45, 7) is 13.6. The molecule has 12 heavy (non-hydrogen) atoms. The highest BCUT2D eigenvalue weighted by Crippen LogP contribution is 2.02. The lowest BCUT2D eigenvalue weighted by Crippen LogP contribution is -2.46. The van der Waals surface area contributed by atoms with Crippen molar-refractivity contribution >= 4 is 0 Å². The van der Waals surface area contributed by atoms with E-state index in [-0.39, 0.29) is 0 Å². The van der Waals surface area contributed by atoms with Gasteiger partial charge < -0.3 is 9.80 Å². The van der Waals surface area contributed by atoms with Crippen LogP contribution in [0.25, 0.3) is 0 Å². The van der Waals surface area contributed by atoms with Gasteiger partial charge in [-0.2, -0.15) is 0 Å². The second-order valence-corrected chi connectivity index (χ2v) is 3.54. The first-order valence-corrected chi connectivity index (χ1v) is 5.10. The van der Waals surface area contributed by atoms with Crippen LogP contribution in [-0.2, 0) is 0 Å². The number of nitrogens with zero attached hydrogens (tertiary/aromatic N) is 2. The van der Waals surface area contributed by atoms with E-state index in [1.54, 1.807) is 0 Å². The molecule has 1 rings (SSSR count). The Balaban J connectivity index is 2.11. The fourth-order valence-electron chi connectivity index (χ4n) is 1.78. The van der Waals surface area contributed by atoms with Gasteiger partial charge in [-0.15, -0.1) is 0 Å². The summed E-state index contributed by atoms with van der Waals surface area (Å²) in [6, 6.07) is 0. The van der Waals surface area contributed by atoms with Crippen molar-refractivity contribution in [3.63, 3.8) is 0 Å². The summed E-state index contributed by atoms with van der Waals surface area (Å²) in [7, 11) is 0. The molecule has 1 fully saturated rings. The summed E-state index contributed by atoms with van der Waals surface area (Å²) in [4.78, 5) is 5.07. The number of hydrogen-bond donors (Lipinski definition) is 0. The minimum atomic E-state index is 1.05. The molecule has 0 bridgehead atoms. The maximum Gasteiger partial charge on any atom is 0.0110 e. The van der Waals surface area contributed by atoms with Gasteiger partial charge >= 0.3 is 0 Å². The maximum absolute atomic E-state index is 3.88. The molecule has 2 heteroatoms. The van der Waals surface area contributed by atoms with E-state index >= 15 is 0 Å². The predicted octanol–water partition coefficient (Wildman–Crippen LogP) is 1.24. The molecule has 1 aliphatic heterocycles. The molecular weight excluding hydrogens is 148 g/mol. The summed E-state index contributed by atoms with van der Waals surface area (Å²) in [5.41, 5.74) is 0. The lowest BCUT2D eigenvalue weighted by atomic mass is 10.3. The molecule has 0 aromatic heterocycles. The highest BCUT2D eigenvalue weighted by Gasteiger charge is 2.14. The van der Waals surface area contributed by atoms with Gasteiger partial charge in [0.1, 0.15) is 0 Å². The first-order valence-electron chi connectivity index (χ1n) is 5.10. The van der Waals surface area contributed by atoms with E-state index in [1.807, 2.05) is 0 Å². The van der Waals surface area contributed by atoms with Crippen LogP contribution in [-0.4, -0.2) is 49.1 Å². The first-order chi connectivity index (χ1) is 5.86. The van der Waals surface area contributed by atoms with Gasteiger partial charge in [-0.1, -0.05) is 13.8 Å². The zero-order chi connectivity index (χ0) is 8.81. The molecule has 0 unspecified atom stereocenters. The van der Waals surface area contributed by atoms with Crippen LogP contribution in [0.2, 0.25) is 0 Å². The molecule has 0 aromatic rings. The molecule has 0 saturated carbocycles. The molecule has 1 radical (unpaired) electrons. The van der Waals surface area contributed by atoms with Gasteiger partial charge in [0, 0.05) is 26.2 Å². The molecular formula is C10H21N2. The van der Waals surface area contributed by atoms with Gasteiger partial charge in [-0.25, -0.2) is 0 Å². The van der Waals surface area contributed by atoms with Crippen LogP contribution in [0.3, 0.4) is 0 Å².